The molecular weight excluding hydrogens is 152 g/mol. The van der Waals surface area contributed by atoms with Crippen molar-refractivity contribution in [2.45, 2.75) is 13.1 Å². The Balaban J connectivity index is 2.82. The molecule has 6 N–H and O–H groups in total. The fraction of sp³-hybridized carbons (Fsp3) is 0.250. The van der Waals surface area contributed by atoms with Crippen LogP contribution in [-0.2, 0) is 13.1 Å². The molecule has 1 rings (SSSR count). The molecule has 0 atom stereocenters. The van der Waals surface area contributed by atoms with Gasteiger partial charge in [-0.2, -0.15) is 5.12 Å². The molecule has 4 nitrogen and oxygen atoms in total. The van der Waals surface area contributed by atoms with E-state index in [9.17, 15) is 0 Å². The van der Waals surface area contributed by atoms with Crippen LogP contribution in [0, 0.1) is 0 Å². The minimum absolute atomic E-state index is 0.518. The topological polar surface area (TPSA) is 81.3 Å². The molecule has 4 heteroatoms. The van der Waals surface area contributed by atoms with Crippen molar-refractivity contribution in [3.63, 3.8) is 0 Å². The SMILES string of the molecule is NCc1ccccc1CN(N)N. The van der Waals surface area contributed by atoms with Gasteiger partial charge >= 0.3 is 0 Å². The first-order chi connectivity index (χ1) is 5.74. The Bertz CT molecular complexity index is 247. The summed E-state index contributed by atoms with van der Waals surface area (Å²) in [6, 6.07) is 7.83. The average molecular weight is 166 g/mol. The molecule has 66 valence electrons. The fourth-order valence-corrected chi connectivity index (χ4v) is 1.11. The maximum Gasteiger partial charge on any atom is 0.0536 e. The van der Waals surface area contributed by atoms with Crippen molar-refractivity contribution in [2.75, 3.05) is 0 Å². The van der Waals surface area contributed by atoms with E-state index in [-0.39, 0.29) is 0 Å². The number of hydrogen-bond donors (Lipinski definition) is 3. The van der Waals surface area contributed by atoms with E-state index in [2.05, 4.69) is 0 Å². The first-order valence-electron chi connectivity index (χ1n) is 3.78. The molecule has 0 radical (unpaired) electrons. The lowest BCUT2D eigenvalue weighted by atomic mass is 10.1. The standard InChI is InChI=1S/C8H14N4/c9-5-7-3-1-2-4-8(7)6-12(10)11/h1-4H,5-6,9-11H2. The van der Waals surface area contributed by atoms with Crippen molar-refractivity contribution in [2.24, 2.45) is 17.4 Å². The van der Waals surface area contributed by atoms with Crippen LogP contribution in [0.5, 0.6) is 0 Å². The van der Waals surface area contributed by atoms with E-state index in [1.165, 1.54) is 0 Å². The molecule has 0 bridgehead atoms. The lowest BCUT2D eigenvalue weighted by Gasteiger charge is -2.11. The van der Waals surface area contributed by atoms with Gasteiger partial charge in [0.25, 0.3) is 0 Å². The minimum atomic E-state index is 0.518. The molecule has 0 heterocycles. The average Bonchev–Trinajstić information content (AvgIpc) is 2.04. The van der Waals surface area contributed by atoms with E-state index < -0.39 is 0 Å². The summed E-state index contributed by atoms with van der Waals surface area (Å²) in [5.41, 5.74) is 7.68. The Labute approximate surface area is 71.9 Å². The highest BCUT2D eigenvalue weighted by Crippen LogP contribution is 2.07. The van der Waals surface area contributed by atoms with Gasteiger partial charge in [0.2, 0.25) is 0 Å². The third kappa shape index (κ3) is 2.28. The summed E-state index contributed by atoms with van der Waals surface area (Å²) in [7, 11) is 0. The number of hydrogen-bond acceptors (Lipinski definition) is 4. The van der Waals surface area contributed by atoms with Gasteiger partial charge in [0.1, 0.15) is 0 Å². The number of benzene rings is 1. The van der Waals surface area contributed by atoms with Gasteiger partial charge in [-0.25, -0.2) is 0 Å². The second-order valence-corrected chi connectivity index (χ2v) is 2.65. The van der Waals surface area contributed by atoms with Gasteiger partial charge in [-0.3, -0.25) is 11.7 Å². The van der Waals surface area contributed by atoms with Crippen molar-refractivity contribution >= 4 is 0 Å². The predicted molar refractivity (Wildman–Crippen MR) is 48.3 cm³/mol. The van der Waals surface area contributed by atoms with E-state index in [1.807, 2.05) is 24.3 Å². The van der Waals surface area contributed by atoms with Crippen LogP contribution in [0.1, 0.15) is 11.1 Å². The quantitative estimate of drug-likeness (QED) is 0.425. The van der Waals surface area contributed by atoms with Crippen molar-refractivity contribution in [3.05, 3.63) is 35.4 Å². The second kappa shape index (κ2) is 4.18. The lowest BCUT2D eigenvalue weighted by molar-refractivity contribution is 0.284. The highest BCUT2D eigenvalue weighted by molar-refractivity contribution is 5.26. The molecule has 0 aliphatic heterocycles. The monoisotopic (exact) mass is 166 g/mol. The zero-order valence-electron chi connectivity index (χ0n) is 6.90. The normalized spacial score (nSPS) is 10.7. The van der Waals surface area contributed by atoms with Crippen molar-refractivity contribution < 1.29 is 0 Å². The second-order valence-electron chi connectivity index (χ2n) is 2.65. The molecule has 0 aromatic heterocycles. The molecule has 0 spiro atoms. The van der Waals surface area contributed by atoms with E-state index in [0.717, 1.165) is 16.2 Å². The zero-order valence-corrected chi connectivity index (χ0v) is 6.90. The smallest absolute Gasteiger partial charge is 0.0536 e. The molecule has 0 saturated heterocycles. The molecule has 12 heavy (non-hydrogen) atoms. The van der Waals surface area contributed by atoms with E-state index in [1.54, 1.807) is 0 Å². The summed E-state index contributed by atoms with van der Waals surface area (Å²) < 4.78 is 0. The number of nitrogens with two attached hydrogens (primary N) is 3. The molecule has 1 aromatic carbocycles. The predicted octanol–water partition coefficient (Wildman–Crippen LogP) is -0.305. The Morgan fingerprint density at radius 3 is 2.17 bits per heavy atom. The van der Waals surface area contributed by atoms with Crippen LogP contribution in [0.4, 0.5) is 0 Å². The summed E-state index contributed by atoms with van der Waals surface area (Å²) in [6.45, 7) is 1.04. The maximum atomic E-state index is 5.53. The highest BCUT2D eigenvalue weighted by atomic mass is 15.6. The van der Waals surface area contributed by atoms with Crippen molar-refractivity contribution in [1.82, 2.24) is 5.12 Å². The lowest BCUT2D eigenvalue weighted by Crippen LogP contribution is -2.37. The largest absolute Gasteiger partial charge is 0.326 e. The Kier molecular flexibility index (Phi) is 3.19. The number of rotatable bonds is 3. The van der Waals surface area contributed by atoms with Crippen LogP contribution in [0.25, 0.3) is 0 Å². The zero-order chi connectivity index (χ0) is 8.97. The molecule has 0 fully saturated rings. The van der Waals surface area contributed by atoms with Gasteiger partial charge in [-0.15, -0.1) is 0 Å². The summed E-state index contributed by atoms with van der Waals surface area (Å²) in [5.74, 6) is 10.6. The highest BCUT2D eigenvalue weighted by Gasteiger charge is 2.00. The van der Waals surface area contributed by atoms with Gasteiger partial charge in [0, 0.05) is 6.54 Å². The van der Waals surface area contributed by atoms with Crippen LogP contribution in [-0.4, -0.2) is 5.12 Å². The minimum Gasteiger partial charge on any atom is -0.326 e. The summed E-state index contributed by atoms with van der Waals surface area (Å²) in [6.07, 6.45) is 0. The van der Waals surface area contributed by atoms with Crippen molar-refractivity contribution in [3.8, 4) is 0 Å². The molecule has 0 unspecified atom stereocenters. The van der Waals surface area contributed by atoms with Crippen LogP contribution < -0.4 is 17.4 Å². The van der Waals surface area contributed by atoms with Gasteiger partial charge in [-0.1, -0.05) is 24.3 Å². The Hall–Kier alpha value is -0.940. The maximum absolute atomic E-state index is 5.53. The van der Waals surface area contributed by atoms with Crippen molar-refractivity contribution in [1.29, 1.82) is 0 Å². The summed E-state index contributed by atoms with van der Waals surface area (Å²) in [5, 5.41) is 1.15. The van der Waals surface area contributed by atoms with Crippen LogP contribution >= 0.6 is 0 Å². The molecule has 0 aliphatic rings. The number of hydrazine groups is 2. The third-order valence-corrected chi connectivity index (χ3v) is 1.69. The molecular formula is C8H14N4. The van der Waals surface area contributed by atoms with E-state index in [0.29, 0.717) is 13.1 Å². The Morgan fingerprint density at radius 2 is 1.67 bits per heavy atom. The first-order valence-corrected chi connectivity index (χ1v) is 3.78. The fourth-order valence-electron chi connectivity index (χ4n) is 1.11. The molecule has 0 saturated carbocycles. The molecule has 0 amide bonds. The van der Waals surface area contributed by atoms with E-state index in [4.69, 9.17) is 17.4 Å². The van der Waals surface area contributed by atoms with Gasteiger partial charge in [0.15, 0.2) is 0 Å². The summed E-state index contributed by atoms with van der Waals surface area (Å²) in [4.78, 5) is 0. The van der Waals surface area contributed by atoms with Crippen LogP contribution in [0.3, 0.4) is 0 Å². The van der Waals surface area contributed by atoms with Gasteiger partial charge in [-0.05, 0) is 11.1 Å². The summed E-state index contributed by atoms with van der Waals surface area (Å²) >= 11 is 0. The van der Waals surface area contributed by atoms with Crippen LogP contribution in [0.15, 0.2) is 24.3 Å². The van der Waals surface area contributed by atoms with E-state index >= 15 is 0 Å². The van der Waals surface area contributed by atoms with Gasteiger partial charge < -0.3 is 5.73 Å². The third-order valence-electron chi connectivity index (χ3n) is 1.69. The number of nitrogens with zero attached hydrogens (tertiary/aromatic N) is 1. The molecule has 1 aromatic rings. The van der Waals surface area contributed by atoms with Gasteiger partial charge in [0.05, 0.1) is 6.54 Å². The molecule has 0 aliphatic carbocycles. The first kappa shape index (κ1) is 9.15. The Morgan fingerprint density at radius 1 is 1.08 bits per heavy atom. The van der Waals surface area contributed by atoms with Crippen LogP contribution in [0.2, 0.25) is 0 Å².